The van der Waals surface area contributed by atoms with Crippen molar-refractivity contribution in [3.63, 3.8) is 0 Å². The average Bonchev–Trinajstić information content (AvgIpc) is 2.91. The van der Waals surface area contributed by atoms with E-state index < -0.39 is 5.97 Å². The van der Waals surface area contributed by atoms with Gasteiger partial charge >= 0.3 is 5.97 Å². The van der Waals surface area contributed by atoms with Crippen molar-refractivity contribution in [1.82, 2.24) is 5.32 Å². The topological polar surface area (TPSA) is 67.4 Å². The van der Waals surface area contributed by atoms with Gasteiger partial charge in [0.1, 0.15) is 5.00 Å². The molecule has 156 valence electrons. The van der Waals surface area contributed by atoms with Crippen molar-refractivity contribution in [3.8, 4) is 0 Å². The number of rotatable bonds is 4. The van der Waals surface area contributed by atoms with Crippen LogP contribution in [0.5, 0.6) is 0 Å². The van der Waals surface area contributed by atoms with Crippen LogP contribution in [0, 0.1) is 0 Å². The Labute approximate surface area is 184 Å². The van der Waals surface area contributed by atoms with Gasteiger partial charge in [-0.3, -0.25) is 4.79 Å². The molecule has 5 nitrogen and oxygen atoms in total. The summed E-state index contributed by atoms with van der Waals surface area (Å²) >= 11 is 13.4. The lowest BCUT2D eigenvalue weighted by atomic mass is 9.81. The van der Waals surface area contributed by atoms with Gasteiger partial charge in [-0.15, -0.1) is 11.3 Å². The minimum atomic E-state index is -0.432. The Kier molecular flexibility index (Phi) is 6.03. The number of hydrogen-bond acceptors (Lipinski definition) is 5. The van der Waals surface area contributed by atoms with Crippen molar-refractivity contribution in [3.05, 3.63) is 49.8 Å². The number of hydrogen-bond donors (Lipinski definition) is 2. The first-order valence-corrected chi connectivity index (χ1v) is 10.9. The number of thiophene rings is 1. The molecule has 0 fully saturated rings. The Bertz CT molecular complexity index is 962. The third kappa shape index (κ3) is 4.61. The highest BCUT2D eigenvalue weighted by Crippen LogP contribution is 2.45. The summed E-state index contributed by atoms with van der Waals surface area (Å²) in [5.41, 5.74) is 1.10. The second kappa shape index (κ2) is 7.91. The number of anilines is 1. The van der Waals surface area contributed by atoms with Crippen molar-refractivity contribution in [2.24, 2.45) is 0 Å². The van der Waals surface area contributed by atoms with E-state index in [9.17, 15) is 9.59 Å². The lowest BCUT2D eigenvalue weighted by Crippen LogP contribution is -2.55. The summed E-state index contributed by atoms with van der Waals surface area (Å²) in [6.07, 6.45) is 0.648. The maximum Gasteiger partial charge on any atom is 0.341 e. The van der Waals surface area contributed by atoms with E-state index in [1.54, 1.807) is 13.0 Å². The summed E-state index contributed by atoms with van der Waals surface area (Å²) in [4.78, 5) is 26.7. The first-order chi connectivity index (χ1) is 13.4. The molecule has 0 saturated heterocycles. The van der Waals surface area contributed by atoms with Gasteiger partial charge < -0.3 is 15.4 Å². The molecule has 0 aliphatic carbocycles. The first-order valence-electron chi connectivity index (χ1n) is 9.33. The van der Waals surface area contributed by atoms with Crippen LogP contribution >= 0.6 is 34.5 Å². The minimum Gasteiger partial charge on any atom is -0.462 e. The van der Waals surface area contributed by atoms with Gasteiger partial charge in [0, 0.05) is 31.6 Å². The monoisotopic (exact) mass is 454 g/mol. The van der Waals surface area contributed by atoms with E-state index >= 15 is 0 Å². The molecule has 1 amide bonds. The van der Waals surface area contributed by atoms with E-state index in [1.165, 1.54) is 23.5 Å². The van der Waals surface area contributed by atoms with E-state index in [-0.39, 0.29) is 23.6 Å². The number of fused-ring (bicyclic) bond motifs is 1. The molecule has 1 aliphatic heterocycles. The maximum absolute atomic E-state index is 12.9. The minimum absolute atomic E-state index is 0.208. The van der Waals surface area contributed by atoms with Crippen LogP contribution < -0.4 is 10.6 Å². The number of benzene rings is 1. The Hall–Kier alpha value is -1.60. The highest BCUT2D eigenvalue weighted by atomic mass is 35.5. The Morgan fingerprint density at radius 3 is 2.38 bits per heavy atom. The van der Waals surface area contributed by atoms with Crippen molar-refractivity contribution >= 4 is 51.4 Å². The van der Waals surface area contributed by atoms with Crippen LogP contribution in [-0.2, 0) is 16.7 Å². The van der Waals surface area contributed by atoms with Crippen molar-refractivity contribution in [2.75, 3.05) is 11.9 Å². The van der Waals surface area contributed by atoms with Crippen molar-refractivity contribution in [2.45, 2.75) is 52.1 Å². The van der Waals surface area contributed by atoms with E-state index in [0.29, 0.717) is 32.6 Å². The molecule has 2 N–H and O–H groups in total. The zero-order chi connectivity index (χ0) is 21.6. The molecule has 0 spiro atoms. The summed E-state index contributed by atoms with van der Waals surface area (Å²) in [5.74, 6) is -0.818. The molecule has 0 saturated carbocycles. The average molecular weight is 455 g/mol. The lowest BCUT2D eigenvalue weighted by molar-refractivity contribution is 0.0526. The molecule has 2 aromatic rings. The standard InChI is InChI=1S/C21H24Cl2N2O3S/c1-6-28-19(27)15-14-10-20(2,3)25-21(4,5)16(14)29-18(15)24-17(26)11-7-12(22)9-13(23)8-11/h7-9,25H,6,10H2,1-5H3,(H,24,26). The van der Waals surface area contributed by atoms with E-state index in [4.69, 9.17) is 27.9 Å². The largest absolute Gasteiger partial charge is 0.462 e. The molecule has 2 heterocycles. The summed E-state index contributed by atoms with van der Waals surface area (Å²) < 4.78 is 5.31. The Morgan fingerprint density at radius 1 is 1.17 bits per heavy atom. The van der Waals surface area contributed by atoms with Crippen LogP contribution in [0.15, 0.2) is 18.2 Å². The second-order valence-electron chi connectivity index (χ2n) is 8.26. The number of halogens is 2. The Balaban J connectivity index is 2.08. The van der Waals surface area contributed by atoms with Gasteiger partial charge in [-0.25, -0.2) is 4.79 Å². The number of nitrogens with one attached hydrogen (secondary N) is 2. The van der Waals surface area contributed by atoms with Gasteiger partial charge in [0.05, 0.1) is 12.2 Å². The van der Waals surface area contributed by atoms with Crippen molar-refractivity contribution < 1.29 is 14.3 Å². The van der Waals surface area contributed by atoms with Gasteiger partial charge in [0.2, 0.25) is 0 Å². The molecule has 1 aromatic heterocycles. The smallest absolute Gasteiger partial charge is 0.341 e. The van der Waals surface area contributed by atoms with Crippen LogP contribution in [0.2, 0.25) is 10.0 Å². The molecule has 3 rings (SSSR count). The first kappa shape index (κ1) is 22.1. The summed E-state index contributed by atoms with van der Waals surface area (Å²) in [6, 6.07) is 4.63. The number of carbonyl (C=O) groups excluding carboxylic acids is 2. The normalized spacial score (nSPS) is 16.8. The van der Waals surface area contributed by atoms with Gasteiger partial charge in [0.25, 0.3) is 5.91 Å². The van der Waals surface area contributed by atoms with Gasteiger partial charge in [-0.1, -0.05) is 23.2 Å². The summed E-state index contributed by atoms with van der Waals surface area (Å²) in [7, 11) is 0. The third-order valence-electron chi connectivity index (χ3n) is 4.68. The van der Waals surface area contributed by atoms with E-state index in [2.05, 4.69) is 38.3 Å². The predicted octanol–water partition coefficient (Wildman–Crippen LogP) is 5.64. The van der Waals surface area contributed by atoms with Crippen LogP contribution in [-0.4, -0.2) is 24.0 Å². The molecule has 29 heavy (non-hydrogen) atoms. The van der Waals surface area contributed by atoms with Crippen LogP contribution in [0.1, 0.15) is 65.8 Å². The molecular formula is C21H24Cl2N2O3S. The fourth-order valence-electron chi connectivity index (χ4n) is 3.89. The molecule has 1 aliphatic rings. The lowest BCUT2D eigenvalue weighted by Gasteiger charge is -2.42. The molecule has 0 atom stereocenters. The predicted molar refractivity (Wildman–Crippen MR) is 119 cm³/mol. The number of amides is 1. The highest BCUT2D eigenvalue weighted by molar-refractivity contribution is 7.17. The molecule has 0 bridgehead atoms. The van der Waals surface area contributed by atoms with E-state index in [1.807, 2.05) is 0 Å². The molecule has 0 radical (unpaired) electrons. The van der Waals surface area contributed by atoms with Crippen LogP contribution in [0.25, 0.3) is 0 Å². The molecular weight excluding hydrogens is 431 g/mol. The fraction of sp³-hybridized carbons (Fsp3) is 0.429. The zero-order valence-electron chi connectivity index (χ0n) is 17.0. The molecule has 0 unspecified atom stereocenters. The quantitative estimate of drug-likeness (QED) is 0.586. The zero-order valence-corrected chi connectivity index (χ0v) is 19.4. The second-order valence-corrected chi connectivity index (χ2v) is 10.2. The highest BCUT2D eigenvalue weighted by Gasteiger charge is 2.42. The number of ether oxygens (including phenoxy) is 1. The van der Waals surface area contributed by atoms with Gasteiger partial charge in [-0.2, -0.15) is 0 Å². The summed E-state index contributed by atoms with van der Waals surface area (Å²) in [6.45, 7) is 10.3. The van der Waals surface area contributed by atoms with Crippen molar-refractivity contribution in [1.29, 1.82) is 0 Å². The maximum atomic E-state index is 12.9. The number of esters is 1. The third-order valence-corrected chi connectivity index (χ3v) is 6.58. The summed E-state index contributed by atoms with van der Waals surface area (Å²) in [5, 5.41) is 7.69. The number of carbonyl (C=O) groups is 2. The van der Waals surface area contributed by atoms with Gasteiger partial charge in [-0.05, 0) is 64.8 Å². The fourth-order valence-corrected chi connectivity index (χ4v) is 5.68. The molecule has 1 aromatic carbocycles. The van der Waals surface area contributed by atoms with E-state index in [0.717, 1.165) is 10.4 Å². The Morgan fingerprint density at radius 2 is 1.79 bits per heavy atom. The SMILES string of the molecule is CCOC(=O)c1c(NC(=O)c2cc(Cl)cc(Cl)c2)sc2c1CC(C)(C)NC2(C)C. The van der Waals surface area contributed by atoms with Gasteiger partial charge in [0.15, 0.2) is 0 Å². The molecule has 8 heteroatoms. The van der Waals surface area contributed by atoms with Crippen LogP contribution in [0.4, 0.5) is 5.00 Å². The van der Waals surface area contributed by atoms with Crippen LogP contribution in [0.3, 0.4) is 0 Å².